The highest BCUT2D eigenvalue weighted by molar-refractivity contribution is 9.10. The van der Waals surface area contributed by atoms with E-state index in [1.807, 2.05) is 0 Å². The van der Waals surface area contributed by atoms with E-state index in [4.69, 9.17) is 4.74 Å². The van der Waals surface area contributed by atoms with Crippen molar-refractivity contribution in [2.24, 2.45) is 11.8 Å². The minimum absolute atomic E-state index is 0.214. The number of carboxylic acid groups (broad SMARTS) is 1. The van der Waals surface area contributed by atoms with Crippen LogP contribution in [0.2, 0.25) is 0 Å². The number of aromatic carboxylic acids is 1. The van der Waals surface area contributed by atoms with E-state index in [9.17, 15) is 9.90 Å². The molecule has 1 aromatic rings. The highest BCUT2D eigenvalue weighted by atomic mass is 79.9. The SMILES string of the molecule is CC1CCCC(COc2cccc(Br)c2C(=O)O)C1. The number of benzene rings is 1. The Labute approximate surface area is 122 Å². The van der Waals surface area contributed by atoms with Crippen LogP contribution in [-0.2, 0) is 0 Å². The Morgan fingerprint density at radius 3 is 2.95 bits per heavy atom. The molecule has 19 heavy (non-hydrogen) atoms. The molecule has 2 rings (SSSR count). The second-order valence-electron chi connectivity index (χ2n) is 5.37. The summed E-state index contributed by atoms with van der Waals surface area (Å²) in [5.41, 5.74) is 0.214. The van der Waals surface area contributed by atoms with E-state index < -0.39 is 5.97 Å². The van der Waals surface area contributed by atoms with Crippen LogP contribution in [0.5, 0.6) is 5.75 Å². The average Bonchev–Trinajstić information content (AvgIpc) is 2.36. The maximum absolute atomic E-state index is 11.2. The molecule has 1 aliphatic rings. The molecule has 0 spiro atoms. The zero-order valence-corrected chi connectivity index (χ0v) is 12.6. The van der Waals surface area contributed by atoms with Gasteiger partial charge in [0.15, 0.2) is 0 Å². The van der Waals surface area contributed by atoms with Gasteiger partial charge in [0, 0.05) is 4.47 Å². The topological polar surface area (TPSA) is 46.5 Å². The van der Waals surface area contributed by atoms with Crippen molar-refractivity contribution in [3.63, 3.8) is 0 Å². The van der Waals surface area contributed by atoms with Gasteiger partial charge < -0.3 is 9.84 Å². The fraction of sp³-hybridized carbons (Fsp3) is 0.533. The maximum atomic E-state index is 11.2. The average molecular weight is 327 g/mol. The molecule has 2 unspecified atom stereocenters. The highest BCUT2D eigenvalue weighted by Crippen LogP contribution is 2.31. The quantitative estimate of drug-likeness (QED) is 0.894. The van der Waals surface area contributed by atoms with Gasteiger partial charge in [-0.2, -0.15) is 0 Å². The van der Waals surface area contributed by atoms with Gasteiger partial charge in [-0.05, 0) is 52.7 Å². The second-order valence-corrected chi connectivity index (χ2v) is 6.22. The molecule has 1 aromatic carbocycles. The predicted octanol–water partition coefficient (Wildman–Crippen LogP) is 4.35. The molecular weight excluding hydrogens is 308 g/mol. The van der Waals surface area contributed by atoms with Gasteiger partial charge in [-0.25, -0.2) is 4.79 Å². The zero-order chi connectivity index (χ0) is 13.8. The summed E-state index contributed by atoms with van der Waals surface area (Å²) in [6.45, 7) is 2.88. The predicted molar refractivity (Wildman–Crippen MR) is 77.7 cm³/mol. The van der Waals surface area contributed by atoms with Crippen LogP contribution in [0.3, 0.4) is 0 Å². The minimum atomic E-state index is -0.959. The molecule has 1 fully saturated rings. The van der Waals surface area contributed by atoms with Crippen molar-refractivity contribution in [2.45, 2.75) is 32.6 Å². The van der Waals surface area contributed by atoms with Gasteiger partial charge in [0.1, 0.15) is 11.3 Å². The van der Waals surface area contributed by atoms with E-state index in [1.54, 1.807) is 18.2 Å². The minimum Gasteiger partial charge on any atom is -0.492 e. The van der Waals surface area contributed by atoms with Crippen LogP contribution in [0.15, 0.2) is 22.7 Å². The van der Waals surface area contributed by atoms with Crippen molar-refractivity contribution in [1.29, 1.82) is 0 Å². The Kier molecular flexibility index (Phi) is 4.86. The van der Waals surface area contributed by atoms with Crippen molar-refractivity contribution < 1.29 is 14.6 Å². The Balaban J connectivity index is 2.03. The van der Waals surface area contributed by atoms with Crippen molar-refractivity contribution in [3.8, 4) is 5.75 Å². The molecule has 0 amide bonds. The lowest BCUT2D eigenvalue weighted by Gasteiger charge is -2.26. The fourth-order valence-electron chi connectivity index (χ4n) is 2.75. The smallest absolute Gasteiger partial charge is 0.340 e. The molecule has 0 radical (unpaired) electrons. The number of hydrogen-bond donors (Lipinski definition) is 1. The molecular formula is C15H19BrO3. The summed E-state index contributed by atoms with van der Waals surface area (Å²) in [5.74, 6) is 0.799. The van der Waals surface area contributed by atoms with E-state index in [-0.39, 0.29) is 5.56 Å². The maximum Gasteiger partial charge on any atom is 0.340 e. The molecule has 0 saturated heterocycles. The van der Waals surface area contributed by atoms with Crippen LogP contribution in [0.4, 0.5) is 0 Å². The Morgan fingerprint density at radius 1 is 1.47 bits per heavy atom. The van der Waals surface area contributed by atoms with Gasteiger partial charge in [0.25, 0.3) is 0 Å². The molecule has 0 aliphatic heterocycles. The Bertz CT molecular complexity index is 459. The number of carboxylic acids is 1. The molecule has 2 atom stereocenters. The molecule has 1 aliphatic carbocycles. The van der Waals surface area contributed by atoms with Gasteiger partial charge in [0.05, 0.1) is 6.61 Å². The van der Waals surface area contributed by atoms with Crippen LogP contribution in [0, 0.1) is 11.8 Å². The lowest BCUT2D eigenvalue weighted by Crippen LogP contribution is -2.20. The first-order valence-electron chi connectivity index (χ1n) is 6.72. The van der Waals surface area contributed by atoms with Gasteiger partial charge in [-0.15, -0.1) is 0 Å². The Hall–Kier alpha value is -1.03. The zero-order valence-electron chi connectivity index (χ0n) is 11.1. The van der Waals surface area contributed by atoms with Crippen LogP contribution in [-0.4, -0.2) is 17.7 Å². The molecule has 0 aromatic heterocycles. The number of halogens is 1. The molecule has 4 heteroatoms. The van der Waals surface area contributed by atoms with Crippen LogP contribution in [0.25, 0.3) is 0 Å². The number of rotatable bonds is 4. The van der Waals surface area contributed by atoms with Gasteiger partial charge in [0.2, 0.25) is 0 Å². The number of carbonyl (C=O) groups is 1. The van der Waals surface area contributed by atoms with Gasteiger partial charge >= 0.3 is 5.97 Å². The van der Waals surface area contributed by atoms with Gasteiger partial charge in [-0.3, -0.25) is 0 Å². The summed E-state index contributed by atoms with van der Waals surface area (Å²) in [7, 11) is 0. The van der Waals surface area contributed by atoms with Crippen molar-refractivity contribution in [3.05, 3.63) is 28.2 Å². The Morgan fingerprint density at radius 2 is 2.26 bits per heavy atom. The first-order chi connectivity index (χ1) is 9.08. The molecule has 1 saturated carbocycles. The molecule has 3 nitrogen and oxygen atoms in total. The third-order valence-corrected chi connectivity index (χ3v) is 4.37. The van der Waals surface area contributed by atoms with Crippen molar-refractivity contribution in [1.82, 2.24) is 0 Å². The van der Waals surface area contributed by atoms with E-state index in [0.717, 1.165) is 5.92 Å². The van der Waals surface area contributed by atoms with E-state index in [0.29, 0.717) is 22.7 Å². The first kappa shape index (κ1) is 14.4. The summed E-state index contributed by atoms with van der Waals surface area (Å²) in [5, 5.41) is 9.22. The fourth-order valence-corrected chi connectivity index (χ4v) is 3.27. The highest BCUT2D eigenvalue weighted by Gasteiger charge is 2.21. The van der Waals surface area contributed by atoms with E-state index >= 15 is 0 Å². The second kappa shape index (κ2) is 6.42. The molecule has 1 N–H and O–H groups in total. The molecule has 104 valence electrons. The first-order valence-corrected chi connectivity index (χ1v) is 7.52. The standard InChI is InChI=1S/C15H19BrO3/c1-10-4-2-5-11(8-10)9-19-13-7-3-6-12(16)14(13)15(17)18/h3,6-7,10-11H,2,4-5,8-9H2,1H3,(H,17,18). The van der Waals surface area contributed by atoms with Crippen molar-refractivity contribution >= 4 is 21.9 Å². The van der Waals surface area contributed by atoms with E-state index in [1.165, 1.54) is 25.7 Å². The van der Waals surface area contributed by atoms with E-state index in [2.05, 4.69) is 22.9 Å². The third-order valence-electron chi connectivity index (χ3n) is 3.71. The van der Waals surface area contributed by atoms with Crippen LogP contribution >= 0.6 is 15.9 Å². The molecule has 0 bridgehead atoms. The number of hydrogen-bond acceptors (Lipinski definition) is 2. The lowest BCUT2D eigenvalue weighted by atomic mass is 9.83. The molecule has 0 heterocycles. The monoisotopic (exact) mass is 326 g/mol. The van der Waals surface area contributed by atoms with Crippen LogP contribution < -0.4 is 4.74 Å². The largest absolute Gasteiger partial charge is 0.492 e. The lowest BCUT2D eigenvalue weighted by molar-refractivity contribution is 0.0689. The summed E-state index contributed by atoms with van der Waals surface area (Å²) in [4.78, 5) is 11.2. The van der Waals surface area contributed by atoms with Gasteiger partial charge in [-0.1, -0.05) is 25.8 Å². The summed E-state index contributed by atoms with van der Waals surface area (Å²) in [6, 6.07) is 5.24. The number of ether oxygens (including phenoxy) is 1. The summed E-state index contributed by atoms with van der Waals surface area (Å²) >= 11 is 3.26. The van der Waals surface area contributed by atoms with Crippen LogP contribution in [0.1, 0.15) is 43.0 Å². The normalized spacial score (nSPS) is 23.1. The van der Waals surface area contributed by atoms with Crippen molar-refractivity contribution in [2.75, 3.05) is 6.61 Å². The summed E-state index contributed by atoms with van der Waals surface area (Å²) < 4.78 is 6.32. The summed E-state index contributed by atoms with van der Waals surface area (Å²) in [6.07, 6.45) is 4.91. The third kappa shape index (κ3) is 3.72.